The lowest BCUT2D eigenvalue weighted by molar-refractivity contribution is 0.260. The molecule has 0 aliphatic carbocycles. The van der Waals surface area contributed by atoms with Gasteiger partial charge in [0.1, 0.15) is 5.75 Å². The van der Waals surface area contributed by atoms with Crippen LogP contribution in [-0.4, -0.2) is 49.7 Å². The highest BCUT2D eigenvalue weighted by molar-refractivity contribution is 7.16. The Morgan fingerprint density at radius 1 is 1.08 bits per heavy atom. The van der Waals surface area contributed by atoms with Crippen LogP contribution in [0.15, 0.2) is 48.0 Å². The second kappa shape index (κ2) is 7.42. The predicted octanol–water partition coefficient (Wildman–Crippen LogP) is 3.67. The zero-order valence-electron chi connectivity index (χ0n) is 14.5. The fraction of sp³-hybridized carbons (Fsp3) is 0.350. The van der Waals surface area contributed by atoms with Crippen molar-refractivity contribution in [3.8, 4) is 5.75 Å². The van der Waals surface area contributed by atoms with Gasteiger partial charge >= 0.3 is 0 Å². The molecule has 0 bridgehead atoms. The van der Waals surface area contributed by atoms with Gasteiger partial charge in [-0.15, -0.1) is 11.3 Å². The van der Waals surface area contributed by atoms with E-state index in [0.29, 0.717) is 0 Å². The number of thiazole rings is 1. The molecule has 0 amide bonds. The van der Waals surface area contributed by atoms with Gasteiger partial charge in [0.15, 0.2) is 0 Å². The molecule has 0 atom stereocenters. The highest BCUT2D eigenvalue weighted by atomic mass is 32.1. The smallest absolute Gasteiger partial charge is 0.142 e. The number of piperazine rings is 1. The molecule has 25 heavy (non-hydrogen) atoms. The normalized spacial score (nSPS) is 15.6. The summed E-state index contributed by atoms with van der Waals surface area (Å²) in [6.45, 7) is 5.41. The van der Waals surface area contributed by atoms with E-state index in [-0.39, 0.29) is 0 Å². The Morgan fingerprint density at radius 2 is 1.92 bits per heavy atom. The topological polar surface area (TPSA) is 28.6 Å². The van der Waals surface area contributed by atoms with Gasteiger partial charge in [-0.2, -0.15) is 0 Å². The second-order valence-electron chi connectivity index (χ2n) is 6.40. The van der Waals surface area contributed by atoms with E-state index in [1.807, 2.05) is 17.6 Å². The maximum Gasteiger partial charge on any atom is 0.142 e. The minimum Gasteiger partial charge on any atom is -0.495 e. The van der Waals surface area contributed by atoms with Crippen LogP contribution in [0, 0.1) is 0 Å². The number of methoxy groups -OCH3 is 1. The fourth-order valence-electron chi connectivity index (χ4n) is 3.45. The zero-order chi connectivity index (χ0) is 17.1. The van der Waals surface area contributed by atoms with Crippen molar-refractivity contribution in [3.05, 3.63) is 53.5 Å². The van der Waals surface area contributed by atoms with Crippen LogP contribution in [0.5, 0.6) is 5.75 Å². The third kappa shape index (κ3) is 3.62. The Kier molecular flexibility index (Phi) is 4.85. The summed E-state index contributed by atoms with van der Waals surface area (Å²) >= 11 is 1.72. The summed E-state index contributed by atoms with van der Waals surface area (Å²) < 4.78 is 6.79. The molecule has 1 fully saturated rings. The van der Waals surface area contributed by atoms with Gasteiger partial charge in [-0.1, -0.05) is 18.2 Å². The van der Waals surface area contributed by atoms with Crippen LogP contribution in [-0.2, 0) is 6.42 Å². The molecule has 2 heterocycles. The average Bonchev–Trinajstić information content (AvgIpc) is 3.14. The highest BCUT2D eigenvalue weighted by Gasteiger charge is 2.19. The largest absolute Gasteiger partial charge is 0.495 e. The van der Waals surface area contributed by atoms with Crippen molar-refractivity contribution in [1.82, 2.24) is 9.88 Å². The van der Waals surface area contributed by atoms with E-state index < -0.39 is 0 Å². The van der Waals surface area contributed by atoms with Crippen LogP contribution >= 0.6 is 11.3 Å². The first-order valence-corrected chi connectivity index (χ1v) is 9.64. The minimum absolute atomic E-state index is 0.966. The number of hydrogen-bond donors (Lipinski definition) is 0. The summed E-state index contributed by atoms with van der Waals surface area (Å²) in [7, 11) is 1.75. The van der Waals surface area contributed by atoms with Crippen molar-refractivity contribution in [1.29, 1.82) is 0 Å². The van der Waals surface area contributed by atoms with E-state index in [0.717, 1.165) is 50.4 Å². The lowest BCUT2D eigenvalue weighted by Crippen LogP contribution is -2.47. The summed E-state index contributed by atoms with van der Waals surface area (Å²) in [5.74, 6) is 0.966. The minimum atomic E-state index is 0.966. The maximum absolute atomic E-state index is 5.50. The van der Waals surface area contributed by atoms with Crippen LogP contribution in [0.1, 0.15) is 5.56 Å². The number of benzene rings is 2. The van der Waals surface area contributed by atoms with E-state index in [9.17, 15) is 0 Å². The Bertz CT molecular complexity index is 840. The lowest BCUT2D eigenvalue weighted by atomic mass is 10.1. The maximum atomic E-state index is 5.50. The summed E-state index contributed by atoms with van der Waals surface area (Å²) in [5, 5.41) is 0. The highest BCUT2D eigenvalue weighted by Crippen LogP contribution is 2.28. The first kappa shape index (κ1) is 16.4. The number of rotatable bonds is 5. The molecule has 0 saturated carbocycles. The Labute approximate surface area is 152 Å². The van der Waals surface area contributed by atoms with Crippen LogP contribution in [0.4, 0.5) is 5.69 Å². The Morgan fingerprint density at radius 3 is 2.76 bits per heavy atom. The molecule has 3 aromatic rings. The standard InChI is InChI=1S/C20H23N3OS/c1-24-19-5-3-2-4-18(19)23-12-10-22(11-13-23)9-8-16-6-7-17-20(14-16)25-15-21-17/h2-7,14-15H,8-13H2,1H3. The van der Waals surface area contributed by atoms with Crippen molar-refractivity contribution in [3.63, 3.8) is 0 Å². The number of fused-ring (bicyclic) bond motifs is 1. The van der Waals surface area contributed by atoms with Crippen molar-refractivity contribution < 1.29 is 4.74 Å². The predicted molar refractivity (Wildman–Crippen MR) is 105 cm³/mol. The molecular formula is C20H23N3OS. The molecule has 2 aromatic carbocycles. The molecule has 130 valence electrons. The number of aromatic nitrogens is 1. The Balaban J connectivity index is 1.32. The molecule has 1 saturated heterocycles. The first-order chi connectivity index (χ1) is 12.3. The molecule has 1 aliphatic heterocycles. The molecule has 4 nitrogen and oxygen atoms in total. The molecule has 0 spiro atoms. The van der Waals surface area contributed by atoms with Crippen LogP contribution in [0.25, 0.3) is 10.2 Å². The third-order valence-corrected chi connectivity index (χ3v) is 5.70. The van der Waals surface area contributed by atoms with Gasteiger partial charge in [0.05, 0.1) is 28.5 Å². The van der Waals surface area contributed by atoms with Gasteiger partial charge in [-0.3, -0.25) is 4.90 Å². The molecule has 1 aliphatic rings. The third-order valence-electron chi connectivity index (χ3n) is 4.91. The van der Waals surface area contributed by atoms with Crippen molar-refractivity contribution in [2.24, 2.45) is 0 Å². The summed E-state index contributed by atoms with van der Waals surface area (Å²) in [5.41, 5.74) is 5.65. The number of anilines is 1. The molecular weight excluding hydrogens is 330 g/mol. The Hall–Kier alpha value is -2.11. The van der Waals surface area contributed by atoms with Crippen LogP contribution < -0.4 is 9.64 Å². The van der Waals surface area contributed by atoms with Crippen molar-refractivity contribution in [2.45, 2.75) is 6.42 Å². The second-order valence-corrected chi connectivity index (χ2v) is 7.29. The number of nitrogens with zero attached hydrogens (tertiary/aromatic N) is 3. The van der Waals surface area contributed by atoms with E-state index in [4.69, 9.17) is 4.74 Å². The van der Waals surface area contributed by atoms with Gasteiger partial charge < -0.3 is 9.64 Å². The molecule has 5 heteroatoms. The van der Waals surface area contributed by atoms with E-state index >= 15 is 0 Å². The van der Waals surface area contributed by atoms with Gasteiger partial charge in [-0.25, -0.2) is 4.98 Å². The van der Waals surface area contributed by atoms with Crippen molar-refractivity contribution >= 4 is 27.2 Å². The quantitative estimate of drug-likeness (QED) is 0.700. The van der Waals surface area contributed by atoms with Gasteiger partial charge in [0.2, 0.25) is 0 Å². The molecule has 0 unspecified atom stereocenters. The number of ether oxygens (including phenoxy) is 1. The number of para-hydroxylation sites is 2. The van der Waals surface area contributed by atoms with E-state index in [1.54, 1.807) is 18.4 Å². The van der Waals surface area contributed by atoms with Crippen molar-refractivity contribution in [2.75, 3.05) is 44.7 Å². The summed E-state index contributed by atoms with van der Waals surface area (Å²) in [6, 6.07) is 14.9. The summed E-state index contributed by atoms with van der Waals surface area (Å²) in [4.78, 5) is 9.34. The monoisotopic (exact) mass is 353 g/mol. The summed E-state index contributed by atoms with van der Waals surface area (Å²) in [6.07, 6.45) is 1.10. The van der Waals surface area contributed by atoms with Crippen LogP contribution in [0.2, 0.25) is 0 Å². The molecule has 1 aromatic heterocycles. The fourth-order valence-corrected chi connectivity index (χ4v) is 4.19. The van der Waals surface area contributed by atoms with E-state index in [2.05, 4.69) is 45.1 Å². The van der Waals surface area contributed by atoms with Gasteiger partial charge in [0, 0.05) is 32.7 Å². The average molecular weight is 353 g/mol. The molecule has 0 N–H and O–H groups in total. The first-order valence-electron chi connectivity index (χ1n) is 8.76. The van der Waals surface area contributed by atoms with E-state index in [1.165, 1.54) is 16.0 Å². The zero-order valence-corrected chi connectivity index (χ0v) is 15.3. The molecule has 0 radical (unpaired) electrons. The van der Waals surface area contributed by atoms with Gasteiger partial charge in [0.25, 0.3) is 0 Å². The molecule has 4 rings (SSSR count). The van der Waals surface area contributed by atoms with Crippen LogP contribution in [0.3, 0.4) is 0 Å². The lowest BCUT2D eigenvalue weighted by Gasteiger charge is -2.36. The number of hydrogen-bond acceptors (Lipinski definition) is 5. The SMILES string of the molecule is COc1ccccc1N1CCN(CCc2ccc3ncsc3c2)CC1. The van der Waals surface area contributed by atoms with Gasteiger partial charge in [-0.05, 0) is 36.2 Å².